The molecule has 0 bridgehead atoms. The van der Waals surface area contributed by atoms with Crippen LogP contribution in [0.1, 0.15) is 50.2 Å². The van der Waals surface area contributed by atoms with E-state index in [0.29, 0.717) is 0 Å². The molecule has 0 saturated heterocycles. The lowest BCUT2D eigenvalue weighted by Gasteiger charge is -2.27. The van der Waals surface area contributed by atoms with E-state index in [4.69, 9.17) is 5.11 Å². The number of aliphatic carboxylic acids is 1. The molecule has 3 heteroatoms. The smallest absolute Gasteiger partial charge is 0.307 e. The predicted octanol–water partition coefficient (Wildman–Crippen LogP) is 3.62. The van der Waals surface area contributed by atoms with Crippen molar-refractivity contribution in [1.82, 2.24) is 5.32 Å². The highest BCUT2D eigenvalue weighted by molar-refractivity contribution is 5.70. The number of rotatable bonds is 7. The highest BCUT2D eigenvalue weighted by atomic mass is 16.4. The maximum atomic E-state index is 10.6. The Morgan fingerprint density at radius 3 is 2.24 bits per heavy atom. The Morgan fingerprint density at radius 1 is 1.10 bits per heavy atom. The topological polar surface area (TPSA) is 49.3 Å². The zero-order valence-electron chi connectivity index (χ0n) is 13.0. The maximum Gasteiger partial charge on any atom is 0.307 e. The molecule has 0 amide bonds. The number of hydrogen-bond acceptors (Lipinski definition) is 2. The van der Waals surface area contributed by atoms with E-state index < -0.39 is 5.97 Å². The molecule has 0 aromatic heterocycles. The van der Waals surface area contributed by atoms with Crippen molar-refractivity contribution in [3.63, 3.8) is 0 Å². The van der Waals surface area contributed by atoms with E-state index in [1.165, 1.54) is 37.7 Å². The second-order valence-corrected chi connectivity index (χ2v) is 6.31. The van der Waals surface area contributed by atoms with Gasteiger partial charge in [-0.2, -0.15) is 0 Å². The third kappa shape index (κ3) is 5.50. The van der Waals surface area contributed by atoms with Gasteiger partial charge in [0, 0.05) is 6.54 Å². The van der Waals surface area contributed by atoms with Gasteiger partial charge in [-0.3, -0.25) is 4.79 Å². The van der Waals surface area contributed by atoms with Gasteiger partial charge >= 0.3 is 5.97 Å². The standard InChI is InChI=1S/C18H27NO2/c1-2-14-3-7-16(8-4-14)12-19-13-17-9-5-15(6-10-17)11-18(20)21/h5-6,9-10,14,16,19H,2-4,7-8,11-13H2,1H3,(H,20,21). The molecule has 1 saturated carbocycles. The van der Waals surface area contributed by atoms with Gasteiger partial charge in [-0.15, -0.1) is 0 Å². The van der Waals surface area contributed by atoms with Crippen LogP contribution in [0.25, 0.3) is 0 Å². The van der Waals surface area contributed by atoms with Gasteiger partial charge in [-0.25, -0.2) is 0 Å². The number of hydrogen-bond donors (Lipinski definition) is 2. The molecule has 21 heavy (non-hydrogen) atoms. The molecular weight excluding hydrogens is 262 g/mol. The lowest BCUT2D eigenvalue weighted by atomic mass is 9.81. The average molecular weight is 289 g/mol. The van der Waals surface area contributed by atoms with Crippen molar-refractivity contribution in [2.75, 3.05) is 6.54 Å². The molecule has 1 aliphatic carbocycles. The molecule has 116 valence electrons. The third-order valence-electron chi connectivity index (χ3n) is 4.68. The van der Waals surface area contributed by atoms with Gasteiger partial charge in [0.05, 0.1) is 6.42 Å². The molecule has 2 N–H and O–H groups in total. The van der Waals surface area contributed by atoms with Crippen molar-refractivity contribution in [2.45, 2.75) is 52.0 Å². The van der Waals surface area contributed by atoms with Crippen molar-refractivity contribution >= 4 is 5.97 Å². The van der Waals surface area contributed by atoms with E-state index in [0.717, 1.165) is 30.5 Å². The summed E-state index contributed by atoms with van der Waals surface area (Å²) in [6, 6.07) is 7.88. The SMILES string of the molecule is CCC1CCC(CNCc2ccc(CC(=O)O)cc2)CC1. The van der Waals surface area contributed by atoms with E-state index in [-0.39, 0.29) is 6.42 Å². The van der Waals surface area contributed by atoms with Crippen molar-refractivity contribution in [3.05, 3.63) is 35.4 Å². The van der Waals surface area contributed by atoms with E-state index in [9.17, 15) is 4.79 Å². The minimum atomic E-state index is -0.774. The lowest BCUT2D eigenvalue weighted by molar-refractivity contribution is -0.136. The van der Waals surface area contributed by atoms with Gasteiger partial charge in [-0.1, -0.05) is 50.5 Å². The van der Waals surface area contributed by atoms with Crippen LogP contribution in [0.15, 0.2) is 24.3 Å². The summed E-state index contributed by atoms with van der Waals surface area (Å²) >= 11 is 0. The summed E-state index contributed by atoms with van der Waals surface area (Å²) in [6.07, 6.45) is 6.96. The van der Waals surface area contributed by atoms with Crippen molar-refractivity contribution in [1.29, 1.82) is 0 Å². The second-order valence-electron chi connectivity index (χ2n) is 6.31. The molecule has 2 rings (SSSR count). The summed E-state index contributed by atoms with van der Waals surface area (Å²) in [5.74, 6) is 1.02. The molecule has 0 spiro atoms. The van der Waals surface area contributed by atoms with E-state index in [1.807, 2.05) is 24.3 Å². The van der Waals surface area contributed by atoms with Gasteiger partial charge in [0.2, 0.25) is 0 Å². The van der Waals surface area contributed by atoms with Crippen LogP contribution in [0, 0.1) is 11.8 Å². The highest BCUT2D eigenvalue weighted by Crippen LogP contribution is 2.30. The fourth-order valence-electron chi connectivity index (χ4n) is 3.21. The number of benzene rings is 1. The van der Waals surface area contributed by atoms with Gasteiger partial charge < -0.3 is 10.4 Å². The van der Waals surface area contributed by atoms with Crippen LogP contribution in [-0.2, 0) is 17.8 Å². The Kier molecular flexibility index (Phi) is 6.24. The molecule has 0 aliphatic heterocycles. The third-order valence-corrected chi connectivity index (χ3v) is 4.68. The van der Waals surface area contributed by atoms with Gasteiger partial charge in [0.25, 0.3) is 0 Å². The summed E-state index contributed by atoms with van der Waals surface area (Å²) in [5.41, 5.74) is 2.09. The first kappa shape index (κ1) is 16.0. The Labute approximate surface area is 127 Å². The van der Waals surface area contributed by atoms with E-state index in [2.05, 4.69) is 12.2 Å². The van der Waals surface area contributed by atoms with Gasteiger partial charge in [-0.05, 0) is 42.3 Å². The minimum absolute atomic E-state index is 0.106. The summed E-state index contributed by atoms with van der Waals surface area (Å²) in [6.45, 7) is 4.28. The molecule has 1 aliphatic rings. The fraction of sp³-hybridized carbons (Fsp3) is 0.611. The summed E-state index contributed by atoms with van der Waals surface area (Å²) in [4.78, 5) is 10.6. The van der Waals surface area contributed by atoms with Crippen molar-refractivity contribution < 1.29 is 9.90 Å². The monoisotopic (exact) mass is 289 g/mol. The second kappa shape index (κ2) is 8.18. The number of carboxylic acids is 1. The quantitative estimate of drug-likeness (QED) is 0.806. The van der Waals surface area contributed by atoms with Crippen LogP contribution < -0.4 is 5.32 Å². The van der Waals surface area contributed by atoms with Crippen LogP contribution >= 0.6 is 0 Å². The molecule has 1 fully saturated rings. The molecule has 0 atom stereocenters. The minimum Gasteiger partial charge on any atom is -0.481 e. The maximum absolute atomic E-state index is 10.6. The molecule has 1 aromatic rings. The van der Waals surface area contributed by atoms with Crippen LogP contribution in [0.2, 0.25) is 0 Å². The first-order valence-corrected chi connectivity index (χ1v) is 8.17. The molecule has 0 radical (unpaired) electrons. The average Bonchev–Trinajstić information content (AvgIpc) is 2.49. The number of carbonyl (C=O) groups is 1. The van der Waals surface area contributed by atoms with Crippen molar-refractivity contribution in [2.24, 2.45) is 11.8 Å². The molecule has 3 nitrogen and oxygen atoms in total. The first-order chi connectivity index (χ1) is 10.2. The number of carboxylic acid groups (broad SMARTS) is 1. The highest BCUT2D eigenvalue weighted by Gasteiger charge is 2.19. The van der Waals surface area contributed by atoms with E-state index in [1.54, 1.807) is 0 Å². The van der Waals surface area contributed by atoms with Crippen molar-refractivity contribution in [3.8, 4) is 0 Å². The summed E-state index contributed by atoms with van der Waals surface area (Å²) < 4.78 is 0. The largest absolute Gasteiger partial charge is 0.481 e. The van der Waals surface area contributed by atoms with Crippen LogP contribution in [0.4, 0.5) is 0 Å². The lowest BCUT2D eigenvalue weighted by Crippen LogP contribution is -2.26. The molecule has 0 unspecified atom stereocenters. The molecular formula is C18H27NO2. The fourth-order valence-corrected chi connectivity index (χ4v) is 3.21. The molecule has 1 aromatic carbocycles. The van der Waals surface area contributed by atoms with E-state index >= 15 is 0 Å². The van der Waals surface area contributed by atoms with Gasteiger partial charge in [0.1, 0.15) is 0 Å². The Hall–Kier alpha value is -1.35. The van der Waals surface area contributed by atoms with Gasteiger partial charge in [0.15, 0.2) is 0 Å². The Bertz CT molecular complexity index is 433. The normalized spacial score (nSPS) is 22.1. The Morgan fingerprint density at radius 2 is 1.67 bits per heavy atom. The molecule has 0 heterocycles. The zero-order chi connectivity index (χ0) is 15.1. The Balaban J connectivity index is 1.68. The van der Waals surface area contributed by atoms with Crippen LogP contribution in [0.3, 0.4) is 0 Å². The first-order valence-electron chi connectivity index (χ1n) is 8.17. The van der Waals surface area contributed by atoms with Crippen LogP contribution in [0.5, 0.6) is 0 Å². The zero-order valence-corrected chi connectivity index (χ0v) is 13.0. The summed E-state index contributed by atoms with van der Waals surface area (Å²) in [7, 11) is 0. The summed E-state index contributed by atoms with van der Waals surface area (Å²) in [5, 5.41) is 12.3. The number of nitrogens with one attached hydrogen (secondary N) is 1. The predicted molar refractivity (Wildman–Crippen MR) is 85.2 cm³/mol. The van der Waals surface area contributed by atoms with Crippen LogP contribution in [-0.4, -0.2) is 17.6 Å².